The van der Waals surface area contributed by atoms with Crippen molar-refractivity contribution in [2.45, 2.75) is 52.5 Å². The van der Waals surface area contributed by atoms with Crippen LogP contribution in [0.25, 0.3) is 0 Å². The van der Waals surface area contributed by atoms with Crippen LogP contribution in [0.15, 0.2) is 47.7 Å². The molecule has 0 amide bonds. The van der Waals surface area contributed by atoms with E-state index < -0.39 is 0 Å². The molecule has 1 atom stereocenters. The van der Waals surface area contributed by atoms with Gasteiger partial charge in [-0.3, -0.25) is 0 Å². The maximum atomic E-state index is 8.95. The lowest BCUT2D eigenvalue weighted by atomic mass is 9.92. The lowest BCUT2D eigenvalue weighted by Gasteiger charge is -2.36. The molecule has 1 aromatic rings. The van der Waals surface area contributed by atoms with Crippen LogP contribution in [-0.4, -0.2) is 6.04 Å². The lowest BCUT2D eigenvalue weighted by Crippen LogP contribution is -2.35. The highest BCUT2D eigenvalue weighted by molar-refractivity contribution is 5.57. The third kappa shape index (κ3) is 3.36. The summed E-state index contributed by atoms with van der Waals surface area (Å²) in [6, 6.07) is 10.6. The molecule has 2 heteroatoms. The SMILES string of the molecule is CCCC1C(CC)=CC(CC)=CN1c1ccc(C#N)cc1. The van der Waals surface area contributed by atoms with E-state index in [-0.39, 0.29) is 0 Å². The van der Waals surface area contributed by atoms with Crippen LogP contribution in [0.5, 0.6) is 0 Å². The van der Waals surface area contributed by atoms with Crippen LogP contribution in [0, 0.1) is 11.3 Å². The van der Waals surface area contributed by atoms with Crippen LogP contribution in [0.1, 0.15) is 52.0 Å². The Kier molecular flexibility index (Phi) is 5.22. The molecule has 1 heterocycles. The first-order chi connectivity index (χ1) is 10.2. The Hall–Kier alpha value is -2.01. The Bertz CT molecular complexity index is 573. The molecule has 0 spiro atoms. The highest BCUT2D eigenvalue weighted by atomic mass is 15.2. The molecule has 0 radical (unpaired) electrons. The van der Waals surface area contributed by atoms with Gasteiger partial charge in [-0.25, -0.2) is 0 Å². The van der Waals surface area contributed by atoms with E-state index in [2.05, 4.69) is 56.1 Å². The van der Waals surface area contributed by atoms with E-state index in [4.69, 9.17) is 5.26 Å². The fourth-order valence-electron chi connectivity index (χ4n) is 2.91. The van der Waals surface area contributed by atoms with Gasteiger partial charge in [-0.2, -0.15) is 5.26 Å². The molecule has 1 aliphatic rings. The fraction of sp³-hybridized carbons (Fsp3) is 0.421. The van der Waals surface area contributed by atoms with E-state index in [9.17, 15) is 0 Å². The summed E-state index contributed by atoms with van der Waals surface area (Å²) in [7, 11) is 0. The minimum absolute atomic E-state index is 0.447. The van der Waals surface area contributed by atoms with Gasteiger partial charge in [-0.15, -0.1) is 0 Å². The molecule has 1 unspecified atom stereocenters. The summed E-state index contributed by atoms with van der Waals surface area (Å²) in [5.74, 6) is 0. The van der Waals surface area contributed by atoms with Crippen LogP contribution in [0.3, 0.4) is 0 Å². The van der Waals surface area contributed by atoms with E-state index in [0.29, 0.717) is 11.6 Å². The predicted molar refractivity (Wildman–Crippen MR) is 89.1 cm³/mol. The van der Waals surface area contributed by atoms with E-state index in [1.54, 1.807) is 0 Å². The summed E-state index contributed by atoms with van der Waals surface area (Å²) in [4.78, 5) is 2.39. The van der Waals surface area contributed by atoms with Crippen molar-refractivity contribution in [3.8, 4) is 6.07 Å². The second-order valence-electron chi connectivity index (χ2n) is 5.50. The predicted octanol–water partition coefficient (Wildman–Crippen LogP) is 5.18. The zero-order chi connectivity index (χ0) is 15.2. The monoisotopic (exact) mass is 280 g/mol. The second kappa shape index (κ2) is 7.13. The van der Waals surface area contributed by atoms with Gasteiger partial charge in [-0.1, -0.05) is 33.3 Å². The fourth-order valence-corrected chi connectivity index (χ4v) is 2.91. The first kappa shape index (κ1) is 15.4. The number of anilines is 1. The number of hydrogen-bond acceptors (Lipinski definition) is 2. The van der Waals surface area contributed by atoms with Crippen LogP contribution < -0.4 is 4.90 Å². The third-order valence-electron chi connectivity index (χ3n) is 4.11. The standard InChI is InChI=1S/C19H24N2/c1-4-7-19-17(6-3)12-15(5-2)14-21(19)18-10-8-16(13-20)9-11-18/h8-12,14,19H,4-7H2,1-3H3. The Morgan fingerprint density at radius 3 is 2.33 bits per heavy atom. The molecule has 2 nitrogen and oxygen atoms in total. The topological polar surface area (TPSA) is 27.0 Å². The van der Waals surface area contributed by atoms with Crippen molar-refractivity contribution < 1.29 is 0 Å². The van der Waals surface area contributed by atoms with Crippen LogP contribution in [0.2, 0.25) is 0 Å². The Morgan fingerprint density at radius 1 is 1.10 bits per heavy atom. The molecule has 21 heavy (non-hydrogen) atoms. The Balaban J connectivity index is 2.39. The molecule has 0 N–H and O–H groups in total. The van der Waals surface area contributed by atoms with Gasteiger partial charge in [0.25, 0.3) is 0 Å². The van der Waals surface area contributed by atoms with Crippen molar-refractivity contribution in [1.82, 2.24) is 0 Å². The molecule has 0 saturated carbocycles. The van der Waals surface area contributed by atoms with Crippen molar-refractivity contribution in [3.63, 3.8) is 0 Å². The molecule has 0 aromatic heterocycles. The summed E-state index contributed by atoms with van der Waals surface area (Å²) in [5, 5.41) is 8.95. The summed E-state index contributed by atoms with van der Waals surface area (Å²) >= 11 is 0. The number of rotatable bonds is 5. The molecule has 0 fully saturated rings. The summed E-state index contributed by atoms with van der Waals surface area (Å²) in [5.41, 5.74) is 4.79. The largest absolute Gasteiger partial charge is 0.341 e. The molecule has 0 bridgehead atoms. The van der Waals surface area contributed by atoms with Crippen molar-refractivity contribution >= 4 is 5.69 Å². The molecule has 1 aliphatic heterocycles. The smallest absolute Gasteiger partial charge is 0.0991 e. The molecule has 2 rings (SSSR count). The van der Waals surface area contributed by atoms with Crippen molar-refractivity contribution in [2.24, 2.45) is 0 Å². The van der Waals surface area contributed by atoms with Gasteiger partial charge in [0.15, 0.2) is 0 Å². The average molecular weight is 280 g/mol. The molecular formula is C19H24N2. The number of allylic oxidation sites excluding steroid dienone is 2. The van der Waals surface area contributed by atoms with Gasteiger partial charge in [-0.05, 0) is 54.7 Å². The lowest BCUT2D eigenvalue weighted by molar-refractivity contribution is 0.626. The van der Waals surface area contributed by atoms with Gasteiger partial charge in [0.2, 0.25) is 0 Å². The average Bonchev–Trinajstić information content (AvgIpc) is 2.55. The zero-order valence-corrected chi connectivity index (χ0v) is 13.3. The van der Waals surface area contributed by atoms with E-state index in [0.717, 1.165) is 19.3 Å². The maximum Gasteiger partial charge on any atom is 0.0991 e. The number of nitrogens with zero attached hydrogens (tertiary/aromatic N) is 2. The molecule has 110 valence electrons. The van der Waals surface area contributed by atoms with Gasteiger partial charge in [0.05, 0.1) is 17.7 Å². The Labute approximate surface area is 128 Å². The highest BCUT2D eigenvalue weighted by Crippen LogP contribution is 2.32. The zero-order valence-electron chi connectivity index (χ0n) is 13.3. The Morgan fingerprint density at radius 2 is 1.81 bits per heavy atom. The molecule has 0 aliphatic carbocycles. The first-order valence-corrected chi connectivity index (χ1v) is 7.93. The molecule has 1 aromatic carbocycles. The summed E-state index contributed by atoms with van der Waals surface area (Å²) in [6.45, 7) is 6.68. The normalized spacial score (nSPS) is 18.0. The van der Waals surface area contributed by atoms with Gasteiger partial charge in [0, 0.05) is 11.9 Å². The third-order valence-corrected chi connectivity index (χ3v) is 4.11. The van der Waals surface area contributed by atoms with Gasteiger partial charge >= 0.3 is 0 Å². The van der Waals surface area contributed by atoms with Crippen molar-refractivity contribution in [1.29, 1.82) is 5.26 Å². The first-order valence-electron chi connectivity index (χ1n) is 7.93. The quantitative estimate of drug-likeness (QED) is 0.743. The number of hydrogen-bond donors (Lipinski definition) is 0. The van der Waals surface area contributed by atoms with Crippen LogP contribution in [0.4, 0.5) is 5.69 Å². The highest BCUT2D eigenvalue weighted by Gasteiger charge is 2.23. The van der Waals surface area contributed by atoms with Crippen LogP contribution in [-0.2, 0) is 0 Å². The van der Waals surface area contributed by atoms with Crippen molar-refractivity contribution in [3.05, 3.63) is 53.3 Å². The molecule has 0 saturated heterocycles. The van der Waals surface area contributed by atoms with Crippen LogP contribution >= 0.6 is 0 Å². The van der Waals surface area contributed by atoms with E-state index in [1.807, 2.05) is 12.1 Å². The van der Waals surface area contributed by atoms with Gasteiger partial charge < -0.3 is 4.90 Å². The minimum atomic E-state index is 0.447. The summed E-state index contributed by atoms with van der Waals surface area (Å²) < 4.78 is 0. The van der Waals surface area contributed by atoms with E-state index in [1.165, 1.54) is 23.3 Å². The van der Waals surface area contributed by atoms with E-state index >= 15 is 0 Å². The number of nitriles is 1. The second-order valence-corrected chi connectivity index (χ2v) is 5.50. The summed E-state index contributed by atoms with van der Waals surface area (Å²) in [6.07, 6.45) is 9.13. The number of benzene rings is 1. The van der Waals surface area contributed by atoms with Gasteiger partial charge in [0.1, 0.15) is 0 Å². The maximum absolute atomic E-state index is 8.95. The van der Waals surface area contributed by atoms with Crippen molar-refractivity contribution in [2.75, 3.05) is 4.90 Å². The molecular weight excluding hydrogens is 256 g/mol. The minimum Gasteiger partial charge on any atom is -0.341 e.